The van der Waals surface area contributed by atoms with Crippen LogP contribution >= 0.6 is 11.3 Å². The number of anilines is 2. The number of carbonyl (C=O) groups is 1. The molecule has 1 aliphatic rings. The first kappa shape index (κ1) is 16.9. The van der Waals surface area contributed by atoms with Crippen molar-refractivity contribution in [1.29, 1.82) is 0 Å². The van der Waals surface area contributed by atoms with Crippen molar-refractivity contribution >= 4 is 38.1 Å². The topological polar surface area (TPSA) is 79.4 Å². The van der Waals surface area contributed by atoms with E-state index in [0.717, 1.165) is 27.4 Å². The summed E-state index contributed by atoms with van der Waals surface area (Å²) in [4.78, 5) is 16.7. The van der Waals surface area contributed by atoms with Gasteiger partial charge in [0, 0.05) is 23.4 Å². The highest BCUT2D eigenvalue weighted by molar-refractivity contribution is 7.92. The molecule has 0 bridgehead atoms. The largest absolute Gasteiger partial charge is 0.302 e. The molecule has 1 aliphatic heterocycles. The minimum Gasteiger partial charge on any atom is -0.302 e. The zero-order valence-electron chi connectivity index (χ0n) is 14.0. The second-order valence-electron chi connectivity index (χ2n) is 6.06. The van der Waals surface area contributed by atoms with E-state index >= 15 is 0 Å². The minimum atomic E-state index is -3.29. The lowest BCUT2D eigenvalue weighted by Crippen LogP contribution is -2.34. The molecule has 0 saturated heterocycles. The number of rotatable bonds is 3. The highest BCUT2D eigenvalue weighted by Gasteiger charge is 2.32. The second kappa shape index (κ2) is 5.86. The lowest BCUT2D eigenvalue weighted by Gasteiger charge is -2.21. The summed E-state index contributed by atoms with van der Waals surface area (Å²) in [6.45, 7) is 5.31. The number of hydrogen-bond acceptors (Lipinski definition) is 5. The van der Waals surface area contributed by atoms with Gasteiger partial charge in [-0.3, -0.25) is 9.10 Å². The third-order valence-corrected chi connectivity index (χ3v) is 6.10. The fraction of sp³-hybridized carbons (Fsp3) is 0.375. The van der Waals surface area contributed by atoms with Gasteiger partial charge >= 0.3 is 0 Å². The molecule has 2 aromatic rings. The number of benzene rings is 1. The SMILES string of the molecule is CC(=O)Nc1nc(-c2ccc3c(c2)CC(C)N3S(C)(=O)=O)c(C)s1. The highest BCUT2D eigenvalue weighted by atomic mass is 32.2. The van der Waals surface area contributed by atoms with Crippen LogP contribution < -0.4 is 9.62 Å². The molecule has 1 unspecified atom stereocenters. The monoisotopic (exact) mass is 365 g/mol. The Morgan fingerprint density at radius 1 is 1.42 bits per heavy atom. The first-order valence-electron chi connectivity index (χ1n) is 7.54. The molecule has 1 aromatic carbocycles. The van der Waals surface area contributed by atoms with Crippen LogP contribution in [0.1, 0.15) is 24.3 Å². The Kier molecular flexibility index (Phi) is 4.13. The lowest BCUT2D eigenvalue weighted by molar-refractivity contribution is -0.114. The van der Waals surface area contributed by atoms with Crippen LogP contribution in [0.15, 0.2) is 18.2 Å². The summed E-state index contributed by atoms with van der Waals surface area (Å²) in [5, 5.41) is 3.27. The number of nitrogens with one attached hydrogen (secondary N) is 1. The minimum absolute atomic E-state index is 0.0864. The van der Waals surface area contributed by atoms with E-state index in [2.05, 4.69) is 10.3 Å². The van der Waals surface area contributed by atoms with Crippen LogP contribution in [0.25, 0.3) is 11.3 Å². The van der Waals surface area contributed by atoms with Crippen LogP contribution in [-0.2, 0) is 21.2 Å². The smallest absolute Gasteiger partial charge is 0.232 e. The summed E-state index contributed by atoms with van der Waals surface area (Å²) in [6, 6.07) is 5.63. The normalized spacial score (nSPS) is 17.0. The van der Waals surface area contributed by atoms with Gasteiger partial charge in [0.1, 0.15) is 0 Å². The third kappa shape index (κ3) is 3.03. The number of thiazole rings is 1. The summed E-state index contributed by atoms with van der Waals surface area (Å²) in [6.07, 6.45) is 1.91. The van der Waals surface area contributed by atoms with Crippen LogP contribution in [0.2, 0.25) is 0 Å². The zero-order valence-corrected chi connectivity index (χ0v) is 15.6. The van der Waals surface area contributed by atoms with Crippen molar-refractivity contribution in [3.63, 3.8) is 0 Å². The summed E-state index contributed by atoms with van der Waals surface area (Å²) in [7, 11) is -3.29. The number of hydrogen-bond donors (Lipinski definition) is 1. The molecule has 1 N–H and O–H groups in total. The molecule has 0 spiro atoms. The van der Waals surface area contributed by atoms with Gasteiger partial charge in [-0.25, -0.2) is 13.4 Å². The third-order valence-electron chi connectivity index (χ3n) is 3.94. The molecule has 3 rings (SSSR count). The summed E-state index contributed by atoms with van der Waals surface area (Å²) in [5.74, 6) is -0.151. The molecular formula is C16H19N3O3S2. The van der Waals surface area contributed by atoms with Gasteiger partial charge in [-0.2, -0.15) is 0 Å². The maximum Gasteiger partial charge on any atom is 0.232 e. The molecule has 1 amide bonds. The molecule has 6 nitrogen and oxygen atoms in total. The predicted molar refractivity (Wildman–Crippen MR) is 97.1 cm³/mol. The van der Waals surface area contributed by atoms with E-state index in [1.807, 2.05) is 32.0 Å². The molecule has 0 aliphatic carbocycles. The molecule has 8 heteroatoms. The molecule has 128 valence electrons. The maximum atomic E-state index is 12.0. The van der Waals surface area contributed by atoms with Crippen LogP contribution in [0.3, 0.4) is 0 Å². The average Bonchev–Trinajstić information content (AvgIpc) is 2.95. The number of sulfonamides is 1. The Labute approximate surface area is 145 Å². The van der Waals surface area contributed by atoms with Crippen molar-refractivity contribution < 1.29 is 13.2 Å². The molecule has 24 heavy (non-hydrogen) atoms. The van der Waals surface area contributed by atoms with Gasteiger partial charge in [-0.05, 0) is 38.0 Å². The first-order chi connectivity index (χ1) is 11.2. The Morgan fingerprint density at radius 3 is 2.75 bits per heavy atom. The van der Waals surface area contributed by atoms with Crippen molar-refractivity contribution in [2.24, 2.45) is 0 Å². The van der Waals surface area contributed by atoms with Crippen LogP contribution in [0, 0.1) is 6.92 Å². The molecule has 1 atom stereocenters. The Bertz CT molecular complexity index is 919. The summed E-state index contributed by atoms with van der Waals surface area (Å²) in [5.41, 5.74) is 3.49. The molecule has 2 heterocycles. The summed E-state index contributed by atoms with van der Waals surface area (Å²) >= 11 is 1.43. The fourth-order valence-corrected chi connectivity index (χ4v) is 5.27. The molecule has 0 fully saturated rings. The molecule has 1 aromatic heterocycles. The van der Waals surface area contributed by atoms with Crippen molar-refractivity contribution in [1.82, 2.24) is 4.98 Å². The van der Waals surface area contributed by atoms with E-state index in [0.29, 0.717) is 11.6 Å². The number of amides is 1. The van der Waals surface area contributed by atoms with E-state index in [1.54, 1.807) is 0 Å². The van der Waals surface area contributed by atoms with Gasteiger partial charge < -0.3 is 5.32 Å². The van der Waals surface area contributed by atoms with Crippen molar-refractivity contribution in [2.75, 3.05) is 15.9 Å². The van der Waals surface area contributed by atoms with Gasteiger partial charge in [0.25, 0.3) is 0 Å². The van der Waals surface area contributed by atoms with Gasteiger partial charge in [0.05, 0.1) is 17.6 Å². The number of fused-ring (bicyclic) bond motifs is 1. The average molecular weight is 365 g/mol. The molecular weight excluding hydrogens is 346 g/mol. The Hall–Kier alpha value is -1.93. The van der Waals surface area contributed by atoms with Crippen LogP contribution in [-0.4, -0.2) is 31.6 Å². The Balaban J connectivity index is 2.01. The Morgan fingerprint density at radius 2 is 2.12 bits per heavy atom. The molecule has 0 radical (unpaired) electrons. The highest BCUT2D eigenvalue weighted by Crippen LogP contribution is 2.38. The maximum absolute atomic E-state index is 12.0. The van der Waals surface area contributed by atoms with Crippen LogP contribution in [0.4, 0.5) is 10.8 Å². The van der Waals surface area contributed by atoms with Gasteiger partial charge in [-0.15, -0.1) is 11.3 Å². The molecule has 0 saturated carbocycles. The number of nitrogens with zero attached hydrogens (tertiary/aromatic N) is 2. The van der Waals surface area contributed by atoms with E-state index in [9.17, 15) is 13.2 Å². The first-order valence-corrected chi connectivity index (χ1v) is 10.2. The number of aryl methyl sites for hydroxylation is 1. The van der Waals surface area contributed by atoms with Gasteiger partial charge in [0.2, 0.25) is 15.9 Å². The van der Waals surface area contributed by atoms with Crippen molar-refractivity contribution in [3.8, 4) is 11.3 Å². The quantitative estimate of drug-likeness (QED) is 0.907. The van der Waals surface area contributed by atoms with Gasteiger partial charge in [0.15, 0.2) is 5.13 Å². The number of carbonyl (C=O) groups excluding carboxylic acids is 1. The second-order valence-corrected chi connectivity index (χ2v) is 9.12. The number of aromatic nitrogens is 1. The predicted octanol–water partition coefficient (Wildman–Crippen LogP) is 2.79. The van der Waals surface area contributed by atoms with Crippen LogP contribution in [0.5, 0.6) is 0 Å². The lowest BCUT2D eigenvalue weighted by atomic mass is 10.0. The van der Waals surface area contributed by atoms with Crippen molar-refractivity contribution in [3.05, 3.63) is 28.6 Å². The fourth-order valence-electron chi connectivity index (χ4n) is 3.12. The van der Waals surface area contributed by atoms with E-state index in [1.165, 1.54) is 28.8 Å². The van der Waals surface area contributed by atoms with E-state index in [-0.39, 0.29) is 11.9 Å². The standard InChI is InChI=1S/C16H19N3O3S2/c1-9-7-13-8-12(5-6-14(13)19(9)24(4,21)22)15-10(2)23-16(18-15)17-11(3)20/h5-6,8-9H,7H2,1-4H3,(H,17,18,20). The van der Waals surface area contributed by atoms with Crippen molar-refractivity contribution in [2.45, 2.75) is 33.2 Å². The van der Waals surface area contributed by atoms with E-state index < -0.39 is 10.0 Å². The van der Waals surface area contributed by atoms with Gasteiger partial charge in [-0.1, -0.05) is 6.07 Å². The van der Waals surface area contributed by atoms with E-state index in [4.69, 9.17) is 0 Å². The summed E-state index contributed by atoms with van der Waals surface area (Å²) < 4.78 is 25.5. The zero-order chi connectivity index (χ0) is 17.6.